The van der Waals surface area contributed by atoms with Crippen LogP contribution < -0.4 is 0 Å². The maximum atomic E-state index is 13.0. The zero-order valence-electron chi connectivity index (χ0n) is 5.26. The van der Waals surface area contributed by atoms with Crippen molar-refractivity contribution < 1.29 is 4.39 Å². The third kappa shape index (κ3) is 1.70. The summed E-state index contributed by atoms with van der Waals surface area (Å²) in [5.74, 6) is -1.06. The van der Waals surface area contributed by atoms with Gasteiger partial charge >= 0.3 is 0 Å². The molecule has 0 bridgehead atoms. The van der Waals surface area contributed by atoms with Crippen LogP contribution in [0.4, 0.5) is 4.39 Å². The Bertz CT molecular complexity index is 264. The summed E-state index contributed by atoms with van der Waals surface area (Å²) >= 11 is 10.6. The number of nitrogens with zero attached hydrogens (tertiary/aromatic N) is 2. The van der Waals surface area contributed by atoms with Crippen LogP contribution in [-0.2, 0) is 0 Å². The van der Waals surface area contributed by atoms with Crippen molar-refractivity contribution in [2.24, 2.45) is 10.9 Å². The predicted octanol–water partition coefficient (Wildman–Crippen LogP) is 2.20. The molecule has 1 rings (SSSR count). The number of aliphatic imine (C=N–C) groups is 1. The molecule has 0 aromatic rings. The van der Waals surface area contributed by atoms with E-state index in [-0.39, 0.29) is 5.17 Å². The quantitative estimate of drug-likeness (QED) is 0.429. The Balaban J connectivity index is 2.95. The second-order valence-electron chi connectivity index (χ2n) is 1.99. The molecule has 0 aromatic carbocycles. The van der Waals surface area contributed by atoms with Crippen LogP contribution in [0.25, 0.3) is 0 Å². The van der Waals surface area contributed by atoms with Crippen LogP contribution in [0.3, 0.4) is 0 Å². The number of hydrogen-bond acceptors (Lipinski definition) is 2. The van der Waals surface area contributed by atoms with E-state index in [4.69, 9.17) is 28.5 Å². The molecule has 2 atom stereocenters. The number of rotatable bonds is 0. The van der Waals surface area contributed by atoms with Gasteiger partial charge in [0.05, 0.1) is 6.07 Å². The van der Waals surface area contributed by atoms with Gasteiger partial charge in [-0.15, -0.1) is 0 Å². The molecule has 0 N–H and O–H groups in total. The first kappa shape index (κ1) is 8.51. The maximum Gasteiger partial charge on any atom is 0.296 e. The fourth-order valence-corrected chi connectivity index (χ4v) is 1.11. The fourth-order valence-electron chi connectivity index (χ4n) is 0.661. The van der Waals surface area contributed by atoms with Gasteiger partial charge in [0, 0.05) is 0 Å². The van der Waals surface area contributed by atoms with Gasteiger partial charge in [-0.2, -0.15) is 9.65 Å². The molecule has 0 amide bonds. The van der Waals surface area contributed by atoms with Gasteiger partial charge in [-0.3, -0.25) is 0 Å². The first-order valence-corrected chi connectivity index (χ1v) is 3.53. The minimum atomic E-state index is -2.40. The van der Waals surface area contributed by atoms with Crippen molar-refractivity contribution in [3.05, 3.63) is 12.2 Å². The third-order valence-electron chi connectivity index (χ3n) is 1.20. The summed E-state index contributed by atoms with van der Waals surface area (Å²) in [5.41, 5.74) is 0. The van der Waals surface area contributed by atoms with Crippen molar-refractivity contribution in [1.29, 1.82) is 5.26 Å². The summed E-state index contributed by atoms with van der Waals surface area (Å²) in [6.07, 6.45) is 2.62. The maximum absolute atomic E-state index is 13.0. The Morgan fingerprint density at radius 2 is 2.45 bits per heavy atom. The minimum absolute atomic E-state index is 0.0333. The second kappa shape index (κ2) is 2.80. The third-order valence-corrected chi connectivity index (χ3v) is 1.73. The van der Waals surface area contributed by atoms with Gasteiger partial charge in [-0.25, -0.2) is 4.99 Å². The molecular formula is C6H3Cl2FN2. The van der Waals surface area contributed by atoms with Crippen molar-refractivity contribution in [2.75, 3.05) is 0 Å². The molecule has 2 nitrogen and oxygen atoms in total. The van der Waals surface area contributed by atoms with E-state index in [1.807, 2.05) is 0 Å². The number of allylic oxidation sites excluding steroid dienone is 1. The zero-order chi connectivity index (χ0) is 8.48. The van der Waals surface area contributed by atoms with E-state index in [1.54, 1.807) is 6.07 Å². The zero-order valence-corrected chi connectivity index (χ0v) is 6.77. The molecule has 11 heavy (non-hydrogen) atoms. The van der Waals surface area contributed by atoms with Gasteiger partial charge in [0.1, 0.15) is 11.1 Å². The highest BCUT2D eigenvalue weighted by molar-refractivity contribution is 6.68. The van der Waals surface area contributed by atoms with E-state index in [0.717, 1.165) is 0 Å². The van der Waals surface area contributed by atoms with E-state index >= 15 is 0 Å². The van der Waals surface area contributed by atoms with Gasteiger partial charge in [-0.05, 0) is 6.08 Å². The summed E-state index contributed by atoms with van der Waals surface area (Å²) < 4.78 is 13.0. The molecule has 1 aliphatic rings. The van der Waals surface area contributed by atoms with Crippen molar-refractivity contribution >= 4 is 28.4 Å². The van der Waals surface area contributed by atoms with Crippen LogP contribution in [0.5, 0.6) is 0 Å². The number of hydrogen-bond donors (Lipinski definition) is 0. The SMILES string of the molecule is N#CC1C=CC(Cl)=NC1(F)Cl. The molecule has 2 unspecified atom stereocenters. The van der Waals surface area contributed by atoms with Crippen LogP contribution in [-0.4, -0.2) is 10.4 Å². The molecule has 0 aromatic heterocycles. The molecule has 0 radical (unpaired) electrons. The summed E-state index contributed by atoms with van der Waals surface area (Å²) in [6, 6.07) is 1.66. The van der Waals surface area contributed by atoms with E-state index in [0.29, 0.717) is 0 Å². The number of dihydropyridines is 1. The van der Waals surface area contributed by atoms with Gasteiger partial charge in [0.15, 0.2) is 0 Å². The summed E-state index contributed by atoms with van der Waals surface area (Å²) in [7, 11) is 0. The molecule has 58 valence electrons. The largest absolute Gasteiger partial charge is 0.296 e. The Kier molecular flexibility index (Phi) is 2.17. The molecule has 1 heterocycles. The van der Waals surface area contributed by atoms with Crippen LogP contribution in [0.15, 0.2) is 17.1 Å². The topological polar surface area (TPSA) is 36.1 Å². The molecule has 5 heteroatoms. The van der Waals surface area contributed by atoms with Crippen molar-refractivity contribution in [1.82, 2.24) is 0 Å². The fraction of sp³-hybridized carbons (Fsp3) is 0.333. The van der Waals surface area contributed by atoms with Crippen molar-refractivity contribution in [2.45, 2.75) is 5.25 Å². The molecule has 0 saturated carbocycles. The van der Waals surface area contributed by atoms with Crippen molar-refractivity contribution in [3.63, 3.8) is 0 Å². The first-order chi connectivity index (χ1) is 5.06. The smallest absolute Gasteiger partial charge is 0.218 e. The average Bonchev–Trinajstić information content (AvgIpc) is 1.85. The van der Waals surface area contributed by atoms with Gasteiger partial charge in [0.25, 0.3) is 5.25 Å². The highest BCUT2D eigenvalue weighted by Crippen LogP contribution is 2.33. The molecule has 0 aliphatic carbocycles. The Labute approximate surface area is 72.9 Å². The number of alkyl halides is 2. The monoisotopic (exact) mass is 192 g/mol. The Hall–Kier alpha value is -0.590. The van der Waals surface area contributed by atoms with Crippen LogP contribution in [0, 0.1) is 17.2 Å². The van der Waals surface area contributed by atoms with E-state index in [9.17, 15) is 4.39 Å². The number of halogens is 3. The average molecular weight is 193 g/mol. The lowest BCUT2D eigenvalue weighted by Gasteiger charge is -2.18. The standard InChI is InChI=1S/C6H3Cl2FN2/c7-5-2-1-4(3-10)6(8,9)11-5/h1-2,4H. The van der Waals surface area contributed by atoms with Gasteiger partial charge in [0.2, 0.25) is 0 Å². The lowest BCUT2D eigenvalue weighted by molar-refractivity contribution is 0.253. The molecule has 1 aliphatic heterocycles. The first-order valence-electron chi connectivity index (χ1n) is 2.77. The van der Waals surface area contributed by atoms with Crippen LogP contribution >= 0.6 is 23.2 Å². The van der Waals surface area contributed by atoms with Crippen LogP contribution in [0.2, 0.25) is 0 Å². The summed E-state index contributed by atoms with van der Waals surface area (Å²) in [5, 5.41) is 5.94. The van der Waals surface area contributed by atoms with Crippen molar-refractivity contribution in [3.8, 4) is 6.07 Å². The molecular weight excluding hydrogens is 190 g/mol. The van der Waals surface area contributed by atoms with Gasteiger partial charge in [-0.1, -0.05) is 29.3 Å². The van der Waals surface area contributed by atoms with E-state index < -0.39 is 11.2 Å². The minimum Gasteiger partial charge on any atom is -0.218 e. The summed E-state index contributed by atoms with van der Waals surface area (Å²) in [6.45, 7) is 0. The van der Waals surface area contributed by atoms with E-state index in [2.05, 4.69) is 4.99 Å². The highest BCUT2D eigenvalue weighted by atomic mass is 35.5. The lowest BCUT2D eigenvalue weighted by Crippen LogP contribution is -2.25. The molecule has 0 saturated heterocycles. The Morgan fingerprint density at radius 1 is 1.82 bits per heavy atom. The lowest BCUT2D eigenvalue weighted by atomic mass is 10.1. The van der Waals surface area contributed by atoms with Crippen LogP contribution in [0.1, 0.15) is 0 Å². The van der Waals surface area contributed by atoms with E-state index in [1.165, 1.54) is 12.2 Å². The Morgan fingerprint density at radius 3 is 2.91 bits per heavy atom. The molecule has 0 fully saturated rings. The molecule has 0 spiro atoms. The number of nitriles is 1. The second-order valence-corrected chi connectivity index (χ2v) is 2.91. The highest BCUT2D eigenvalue weighted by Gasteiger charge is 2.37. The summed E-state index contributed by atoms with van der Waals surface area (Å²) in [4.78, 5) is 3.24. The predicted molar refractivity (Wildman–Crippen MR) is 41.2 cm³/mol. The normalized spacial score (nSPS) is 36.2. The van der Waals surface area contributed by atoms with Gasteiger partial charge < -0.3 is 0 Å².